The van der Waals surface area contributed by atoms with Crippen LogP contribution in [-0.4, -0.2) is 11.6 Å². The van der Waals surface area contributed by atoms with Crippen molar-refractivity contribution in [1.29, 1.82) is 0 Å². The quantitative estimate of drug-likeness (QED) is 0.643. The van der Waals surface area contributed by atoms with Gasteiger partial charge < -0.3 is 0 Å². The number of rotatable bonds is 1. The molecule has 0 saturated heterocycles. The van der Waals surface area contributed by atoms with E-state index in [1.807, 2.05) is 6.08 Å². The highest BCUT2D eigenvalue weighted by Crippen LogP contribution is 2.66. The van der Waals surface area contributed by atoms with Gasteiger partial charge in [0, 0.05) is 17.8 Å². The van der Waals surface area contributed by atoms with Crippen LogP contribution in [0.2, 0.25) is 0 Å². The third-order valence-electron chi connectivity index (χ3n) is 8.38. The maximum absolute atomic E-state index is 12.3. The molecule has 2 nitrogen and oxygen atoms in total. The molecule has 2 saturated carbocycles. The first-order valence-electron chi connectivity index (χ1n) is 9.75. The lowest BCUT2D eigenvalue weighted by Crippen LogP contribution is -2.48. The summed E-state index contributed by atoms with van der Waals surface area (Å²) < 4.78 is 0. The van der Waals surface area contributed by atoms with Gasteiger partial charge >= 0.3 is 0 Å². The molecule has 4 rings (SSSR count). The van der Waals surface area contributed by atoms with Crippen LogP contribution in [0.25, 0.3) is 0 Å². The molecular weight excluding hydrogens is 296 g/mol. The summed E-state index contributed by atoms with van der Waals surface area (Å²) in [5.74, 6) is 2.62. The number of hydrogen-bond acceptors (Lipinski definition) is 2. The molecular formula is C22H30O2. The summed E-state index contributed by atoms with van der Waals surface area (Å²) in [4.78, 5) is 24.2. The first kappa shape index (κ1) is 16.3. The van der Waals surface area contributed by atoms with Gasteiger partial charge in [-0.25, -0.2) is 0 Å². The summed E-state index contributed by atoms with van der Waals surface area (Å²) in [5, 5.41) is 0. The molecule has 130 valence electrons. The summed E-state index contributed by atoms with van der Waals surface area (Å²) in [5.41, 5.74) is 3.20. The van der Waals surface area contributed by atoms with Crippen LogP contribution < -0.4 is 0 Å². The minimum atomic E-state index is 0.0979. The molecule has 0 aliphatic heterocycles. The average Bonchev–Trinajstić information content (AvgIpc) is 2.88. The van der Waals surface area contributed by atoms with Crippen LogP contribution in [0.5, 0.6) is 0 Å². The van der Waals surface area contributed by atoms with E-state index in [0.717, 1.165) is 25.7 Å². The van der Waals surface area contributed by atoms with Crippen LogP contribution in [0, 0.1) is 34.5 Å². The van der Waals surface area contributed by atoms with Crippen molar-refractivity contribution in [2.24, 2.45) is 34.5 Å². The Bertz CT molecular complexity index is 669. The van der Waals surface area contributed by atoms with Crippen molar-refractivity contribution >= 4 is 11.6 Å². The fourth-order valence-electron chi connectivity index (χ4n) is 6.84. The van der Waals surface area contributed by atoms with E-state index in [-0.39, 0.29) is 16.7 Å². The van der Waals surface area contributed by atoms with Gasteiger partial charge in [0.25, 0.3) is 0 Å². The minimum absolute atomic E-state index is 0.0979. The molecule has 0 aromatic carbocycles. The van der Waals surface area contributed by atoms with Gasteiger partial charge in [0.15, 0.2) is 5.78 Å². The Morgan fingerprint density at radius 2 is 1.92 bits per heavy atom. The van der Waals surface area contributed by atoms with Gasteiger partial charge in [0.1, 0.15) is 5.78 Å². The lowest BCUT2D eigenvalue weighted by molar-refractivity contribution is -0.126. The Kier molecular flexibility index (Phi) is 3.50. The van der Waals surface area contributed by atoms with Crippen LogP contribution in [0.3, 0.4) is 0 Å². The van der Waals surface area contributed by atoms with E-state index >= 15 is 0 Å². The lowest BCUT2D eigenvalue weighted by atomic mass is 9.49. The van der Waals surface area contributed by atoms with Crippen molar-refractivity contribution in [2.45, 2.75) is 66.2 Å². The number of allylic oxidation sites excluding steroid dienone is 4. The molecule has 0 spiro atoms. The summed E-state index contributed by atoms with van der Waals surface area (Å²) in [7, 11) is 0. The minimum Gasteiger partial charge on any atom is -0.300 e. The highest BCUT2D eigenvalue weighted by molar-refractivity contribution is 5.92. The Labute approximate surface area is 145 Å². The molecule has 4 aliphatic carbocycles. The molecule has 0 amide bonds. The van der Waals surface area contributed by atoms with Gasteiger partial charge in [0.05, 0.1) is 0 Å². The standard InChI is InChI=1S/C22H30O2/c1-13-11-20-17(19-8-7-18(14(2)23)22(13,19)4)6-5-15-12-16(24)9-10-21(15,20)3/h11-13,17-19H,5-10H2,1-4H3/t13-,17+,18+,19-,21+,22-/m1/s1. The number of Topliss-reactive ketones (excluding diaryl/α,β-unsaturated/α-hetero) is 1. The molecule has 2 fully saturated rings. The smallest absolute Gasteiger partial charge is 0.155 e. The molecule has 0 aromatic rings. The van der Waals surface area contributed by atoms with Gasteiger partial charge in [-0.2, -0.15) is 0 Å². The van der Waals surface area contributed by atoms with Gasteiger partial charge in [-0.1, -0.05) is 38.0 Å². The van der Waals surface area contributed by atoms with Crippen molar-refractivity contribution < 1.29 is 9.59 Å². The largest absolute Gasteiger partial charge is 0.300 e. The highest BCUT2D eigenvalue weighted by atomic mass is 16.1. The molecule has 0 aromatic heterocycles. The van der Waals surface area contributed by atoms with E-state index in [4.69, 9.17) is 0 Å². The Hall–Kier alpha value is -1.18. The van der Waals surface area contributed by atoms with Crippen LogP contribution >= 0.6 is 0 Å². The van der Waals surface area contributed by atoms with Crippen molar-refractivity contribution in [3.05, 3.63) is 23.3 Å². The highest BCUT2D eigenvalue weighted by Gasteiger charge is 2.59. The summed E-state index contributed by atoms with van der Waals surface area (Å²) >= 11 is 0. The predicted molar refractivity (Wildman–Crippen MR) is 95.4 cm³/mol. The molecule has 4 aliphatic rings. The SMILES string of the molecule is CC(=O)[C@@H]1CC[C@@H]2[C@@H]3CCC4=CC(=O)CC[C@]4(C)C3=C[C@@H](C)[C@@]21C. The van der Waals surface area contributed by atoms with Crippen LogP contribution in [0.1, 0.15) is 66.2 Å². The van der Waals surface area contributed by atoms with E-state index in [2.05, 4.69) is 26.8 Å². The Morgan fingerprint density at radius 1 is 1.17 bits per heavy atom. The van der Waals surface area contributed by atoms with E-state index in [0.29, 0.717) is 35.7 Å². The number of carbonyl (C=O) groups excluding carboxylic acids is 2. The third-order valence-corrected chi connectivity index (χ3v) is 8.38. The topological polar surface area (TPSA) is 34.1 Å². The van der Waals surface area contributed by atoms with Crippen molar-refractivity contribution in [2.75, 3.05) is 0 Å². The summed E-state index contributed by atoms with van der Waals surface area (Å²) in [6, 6.07) is 0. The molecule has 6 atom stereocenters. The van der Waals surface area contributed by atoms with Gasteiger partial charge in [0.2, 0.25) is 0 Å². The normalized spacial score (nSPS) is 47.2. The number of fused-ring (bicyclic) bond motifs is 5. The monoisotopic (exact) mass is 326 g/mol. The van der Waals surface area contributed by atoms with Crippen molar-refractivity contribution in [1.82, 2.24) is 0 Å². The Morgan fingerprint density at radius 3 is 2.62 bits per heavy atom. The van der Waals surface area contributed by atoms with E-state index < -0.39 is 0 Å². The fourth-order valence-corrected chi connectivity index (χ4v) is 6.84. The van der Waals surface area contributed by atoms with E-state index in [1.165, 1.54) is 12.0 Å². The summed E-state index contributed by atoms with van der Waals surface area (Å²) in [6.07, 6.45) is 10.6. The molecule has 2 heteroatoms. The maximum Gasteiger partial charge on any atom is 0.155 e. The molecule has 24 heavy (non-hydrogen) atoms. The van der Waals surface area contributed by atoms with Crippen LogP contribution in [0.4, 0.5) is 0 Å². The zero-order chi connectivity index (χ0) is 17.3. The number of hydrogen-bond donors (Lipinski definition) is 0. The first-order chi connectivity index (χ1) is 11.3. The van der Waals surface area contributed by atoms with Crippen LogP contribution in [0.15, 0.2) is 23.3 Å². The second kappa shape index (κ2) is 5.16. The fraction of sp³-hybridized carbons (Fsp3) is 0.727. The second-order valence-electron chi connectivity index (χ2n) is 9.24. The van der Waals surface area contributed by atoms with Crippen molar-refractivity contribution in [3.8, 4) is 0 Å². The van der Waals surface area contributed by atoms with E-state index in [9.17, 15) is 9.59 Å². The van der Waals surface area contributed by atoms with Crippen molar-refractivity contribution in [3.63, 3.8) is 0 Å². The first-order valence-corrected chi connectivity index (χ1v) is 9.75. The lowest BCUT2D eigenvalue weighted by Gasteiger charge is -2.55. The van der Waals surface area contributed by atoms with Crippen LogP contribution in [-0.2, 0) is 9.59 Å². The van der Waals surface area contributed by atoms with Gasteiger partial charge in [-0.3, -0.25) is 9.59 Å². The van der Waals surface area contributed by atoms with Gasteiger partial charge in [-0.15, -0.1) is 0 Å². The number of carbonyl (C=O) groups is 2. The Balaban J connectivity index is 1.80. The predicted octanol–water partition coefficient (Wildman–Crippen LogP) is 4.89. The molecule has 0 heterocycles. The van der Waals surface area contributed by atoms with E-state index in [1.54, 1.807) is 12.5 Å². The molecule has 0 bridgehead atoms. The second-order valence-corrected chi connectivity index (χ2v) is 9.24. The molecule has 0 unspecified atom stereocenters. The van der Waals surface area contributed by atoms with Gasteiger partial charge in [-0.05, 0) is 68.3 Å². The molecule has 0 radical (unpaired) electrons. The molecule has 0 N–H and O–H groups in total. The third kappa shape index (κ3) is 1.95. The zero-order valence-electron chi connectivity index (χ0n) is 15.5. The maximum atomic E-state index is 12.3. The average molecular weight is 326 g/mol. The zero-order valence-corrected chi connectivity index (χ0v) is 15.5. The number of ketones is 2. The summed E-state index contributed by atoms with van der Waals surface area (Å²) in [6.45, 7) is 8.87.